The molecule has 0 unspecified atom stereocenters. The summed E-state index contributed by atoms with van der Waals surface area (Å²) in [5, 5.41) is 4.84. The summed E-state index contributed by atoms with van der Waals surface area (Å²) in [4.78, 5) is 9.94. The maximum Gasteiger partial charge on any atom is 0.310 e. The molecule has 0 saturated heterocycles. The van der Waals surface area contributed by atoms with Crippen molar-refractivity contribution in [2.75, 3.05) is 0 Å². The molecule has 2 rings (SSSR count). The molecule has 2 aromatic rings. The first-order chi connectivity index (χ1) is 6.40. The first kappa shape index (κ1) is 7.86. The highest BCUT2D eigenvalue weighted by molar-refractivity contribution is 5.82. The van der Waals surface area contributed by atoms with E-state index in [0.717, 1.165) is 0 Å². The molecule has 0 saturated carbocycles. The summed E-state index contributed by atoms with van der Waals surface area (Å²) in [7, 11) is 0. The first-order valence-corrected chi connectivity index (χ1v) is 4.05. The van der Waals surface area contributed by atoms with Gasteiger partial charge in [-0.2, -0.15) is 0 Å². The van der Waals surface area contributed by atoms with Gasteiger partial charge in [0.15, 0.2) is 0 Å². The Morgan fingerprint density at radius 1 is 1.23 bits per heavy atom. The van der Waals surface area contributed by atoms with Gasteiger partial charge in [0.25, 0.3) is 0 Å². The van der Waals surface area contributed by atoms with Crippen molar-refractivity contribution in [3.05, 3.63) is 36.7 Å². The Balaban J connectivity index is 2.32. The van der Waals surface area contributed by atoms with Crippen molar-refractivity contribution in [2.45, 2.75) is 6.67 Å². The maximum atomic E-state index is 9.94. The second-order valence-corrected chi connectivity index (χ2v) is 2.84. The lowest BCUT2D eigenvalue weighted by Crippen LogP contribution is -2.14. The summed E-state index contributed by atoms with van der Waals surface area (Å²) >= 11 is 0. The van der Waals surface area contributed by atoms with Crippen molar-refractivity contribution >= 4 is 17.2 Å². The number of fused-ring (bicyclic) bond motifs is 1. The molecule has 0 aliphatic carbocycles. The van der Waals surface area contributed by atoms with Crippen LogP contribution in [-0.4, -0.2) is 11.0 Å². The summed E-state index contributed by atoms with van der Waals surface area (Å²) < 4.78 is 1.91. The number of rotatable bonds is 3. The van der Waals surface area contributed by atoms with Gasteiger partial charge in [-0.05, 0) is 10.8 Å². The van der Waals surface area contributed by atoms with Crippen LogP contribution in [0, 0.1) is 0 Å². The van der Waals surface area contributed by atoms with Gasteiger partial charge in [-0.1, -0.05) is 24.3 Å². The van der Waals surface area contributed by atoms with Gasteiger partial charge in [-0.15, -0.1) is 0 Å². The fraction of sp³-hybridized carbons (Fsp3) is 0.100. The van der Waals surface area contributed by atoms with Gasteiger partial charge in [-0.25, -0.2) is 0 Å². The molecule has 1 amide bonds. The highest BCUT2D eigenvalue weighted by Crippen LogP contribution is 2.13. The molecule has 65 valence electrons. The van der Waals surface area contributed by atoms with E-state index in [1.54, 1.807) is 6.41 Å². The minimum Gasteiger partial charge on any atom is -0.335 e. The quantitative estimate of drug-likeness (QED) is 0.696. The highest BCUT2D eigenvalue weighted by atomic mass is 16.1. The highest BCUT2D eigenvalue weighted by Gasteiger charge is 1.95. The molecular weight excluding hydrogens is 164 g/mol. The normalized spacial score (nSPS) is 10.2. The Bertz CT molecular complexity index is 387. The van der Waals surface area contributed by atoms with E-state index in [2.05, 4.69) is 5.32 Å². The lowest BCUT2D eigenvalue weighted by atomic mass is 10.2. The Kier molecular flexibility index (Phi) is 2.00. The molecular formula is C10H9N2O. The van der Waals surface area contributed by atoms with Crippen LogP contribution in [0.1, 0.15) is 0 Å². The third-order valence-electron chi connectivity index (χ3n) is 1.94. The van der Waals surface area contributed by atoms with Crippen LogP contribution >= 0.6 is 0 Å². The van der Waals surface area contributed by atoms with Crippen molar-refractivity contribution in [3.63, 3.8) is 0 Å². The topological polar surface area (TPSA) is 34.0 Å². The minimum absolute atomic E-state index is 0.470. The average molecular weight is 173 g/mol. The minimum atomic E-state index is 0.470. The van der Waals surface area contributed by atoms with E-state index in [1.807, 2.05) is 41.2 Å². The van der Waals surface area contributed by atoms with Crippen molar-refractivity contribution in [1.82, 2.24) is 9.88 Å². The zero-order valence-corrected chi connectivity index (χ0v) is 7.03. The third-order valence-corrected chi connectivity index (χ3v) is 1.94. The molecule has 0 bridgehead atoms. The number of benzene rings is 1. The molecule has 3 heteroatoms. The standard InChI is InChI=1S/C10H9N2O/c13-8-11-7-12-5-9-3-1-2-4-10(9)6-12/h1-6H,7H2,(H,11,13). The Hall–Kier alpha value is -1.77. The summed E-state index contributed by atoms with van der Waals surface area (Å²) in [6, 6.07) is 8.06. The monoisotopic (exact) mass is 173 g/mol. The molecule has 0 atom stereocenters. The second kappa shape index (κ2) is 3.31. The molecule has 1 N–H and O–H groups in total. The van der Waals surface area contributed by atoms with Gasteiger partial charge in [0.1, 0.15) is 0 Å². The molecule has 0 aliphatic rings. The zero-order valence-electron chi connectivity index (χ0n) is 7.03. The van der Waals surface area contributed by atoms with Crippen LogP contribution in [0.5, 0.6) is 0 Å². The average Bonchev–Trinajstić information content (AvgIpc) is 2.57. The summed E-state index contributed by atoms with van der Waals surface area (Å²) in [6.07, 6.45) is 5.61. The van der Waals surface area contributed by atoms with Crippen molar-refractivity contribution in [2.24, 2.45) is 0 Å². The SMILES string of the molecule is O=[C]NCn1cc2ccccc2c1. The summed E-state index contributed by atoms with van der Waals surface area (Å²) in [6.45, 7) is 0.470. The molecule has 1 aromatic heterocycles. The van der Waals surface area contributed by atoms with Gasteiger partial charge < -0.3 is 9.88 Å². The van der Waals surface area contributed by atoms with E-state index in [0.29, 0.717) is 6.67 Å². The molecule has 1 heterocycles. The third kappa shape index (κ3) is 1.54. The smallest absolute Gasteiger partial charge is 0.310 e. The Labute approximate surface area is 76.0 Å². The van der Waals surface area contributed by atoms with Gasteiger partial charge in [-0.3, -0.25) is 4.79 Å². The summed E-state index contributed by atoms with van der Waals surface area (Å²) in [5.41, 5.74) is 0. The van der Waals surface area contributed by atoms with Crippen LogP contribution in [0.2, 0.25) is 0 Å². The lowest BCUT2D eigenvalue weighted by Gasteiger charge is -1.97. The lowest BCUT2D eigenvalue weighted by molar-refractivity contribution is 0.528. The van der Waals surface area contributed by atoms with Crippen LogP contribution in [0.15, 0.2) is 36.7 Å². The molecule has 0 fully saturated rings. The van der Waals surface area contributed by atoms with Gasteiger partial charge in [0, 0.05) is 12.4 Å². The molecule has 13 heavy (non-hydrogen) atoms. The van der Waals surface area contributed by atoms with Crippen LogP contribution in [-0.2, 0) is 11.5 Å². The fourth-order valence-corrected chi connectivity index (χ4v) is 1.36. The van der Waals surface area contributed by atoms with Crippen molar-refractivity contribution < 1.29 is 4.79 Å². The summed E-state index contributed by atoms with van der Waals surface area (Å²) in [5.74, 6) is 0. The number of hydrogen-bond acceptors (Lipinski definition) is 1. The largest absolute Gasteiger partial charge is 0.335 e. The zero-order chi connectivity index (χ0) is 9.10. The number of nitrogens with zero attached hydrogens (tertiary/aromatic N) is 1. The molecule has 0 aliphatic heterocycles. The predicted octanol–water partition coefficient (Wildman–Crippen LogP) is 1.26. The van der Waals surface area contributed by atoms with Gasteiger partial charge >= 0.3 is 6.41 Å². The van der Waals surface area contributed by atoms with E-state index in [4.69, 9.17) is 0 Å². The van der Waals surface area contributed by atoms with E-state index in [9.17, 15) is 4.79 Å². The number of aromatic nitrogens is 1. The van der Waals surface area contributed by atoms with E-state index in [-0.39, 0.29) is 0 Å². The van der Waals surface area contributed by atoms with E-state index < -0.39 is 0 Å². The van der Waals surface area contributed by atoms with Gasteiger partial charge in [0.2, 0.25) is 0 Å². The Morgan fingerprint density at radius 3 is 2.38 bits per heavy atom. The van der Waals surface area contributed by atoms with Gasteiger partial charge in [0.05, 0.1) is 6.67 Å². The van der Waals surface area contributed by atoms with Crippen molar-refractivity contribution in [1.29, 1.82) is 0 Å². The van der Waals surface area contributed by atoms with E-state index in [1.165, 1.54) is 10.8 Å². The number of carbonyl (C=O) groups excluding carboxylic acids is 1. The predicted molar refractivity (Wildman–Crippen MR) is 50.8 cm³/mol. The number of amides is 1. The Morgan fingerprint density at radius 2 is 1.85 bits per heavy atom. The molecule has 3 nitrogen and oxygen atoms in total. The van der Waals surface area contributed by atoms with Crippen LogP contribution in [0.25, 0.3) is 10.8 Å². The fourth-order valence-electron chi connectivity index (χ4n) is 1.36. The second-order valence-electron chi connectivity index (χ2n) is 2.84. The maximum absolute atomic E-state index is 9.94. The number of nitrogens with one attached hydrogen (secondary N) is 1. The van der Waals surface area contributed by atoms with Crippen LogP contribution in [0.4, 0.5) is 0 Å². The number of hydrogen-bond donors (Lipinski definition) is 1. The van der Waals surface area contributed by atoms with Crippen LogP contribution in [0.3, 0.4) is 0 Å². The van der Waals surface area contributed by atoms with Crippen LogP contribution < -0.4 is 5.32 Å². The van der Waals surface area contributed by atoms with Crippen molar-refractivity contribution in [3.8, 4) is 0 Å². The van der Waals surface area contributed by atoms with E-state index >= 15 is 0 Å². The molecule has 1 radical (unpaired) electrons. The molecule has 0 spiro atoms. The first-order valence-electron chi connectivity index (χ1n) is 4.05. The molecule has 1 aromatic carbocycles.